The van der Waals surface area contributed by atoms with Crippen molar-refractivity contribution in [2.45, 2.75) is 6.42 Å². The topological polar surface area (TPSA) is 57.8 Å². The molecule has 2 heterocycles. The number of rotatable bonds is 4. The summed E-state index contributed by atoms with van der Waals surface area (Å²) < 4.78 is 0. The van der Waals surface area contributed by atoms with E-state index in [9.17, 15) is 4.79 Å². The fourth-order valence-corrected chi connectivity index (χ4v) is 3.61. The molecule has 29 heavy (non-hydrogen) atoms. The highest BCUT2D eigenvalue weighted by Crippen LogP contribution is 2.25. The molecule has 140 valence electrons. The maximum Gasteiger partial charge on any atom is 0.229 e. The first-order chi connectivity index (χ1) is 14.2. The van der Waals surface area contributed by atoms with Gasteiger partial charge in [0.15, 0.2) is 0 Å². The Morgan fingerprint density at radius 2 is 1.69 bits per heavy atom. The normalized spacial score (nSPS) is 11.0. The highest BCUT2D eigenvalue weighted by atomic mass is 16.1. The van der Waals surface area contributed by atoms with Gasteiger partial charge in [-0.05, 0) is 51.0 Å². The minimum Gasteiger partial charge on any atom is -0.367 e. The second-order valence-electron chi connectivity index (χ2n) is 7.14. The van der Waals surface area contributed by atoms with Gasteiger partial charge in [0.2, 0.25) is 5.91 Å². The van der Waals surface area contributed by atoms with Gasteiger partial charge in [-0.3, -0.25) is 4.79 Å². The molecule has 3 aromatic carbocycles. The van der Waals surface area contributed by atoms with Crippen LogP contribution in [-0.2, 0) is 11.2 Å². The lowest BCUT2D eigenvalue weighted by Crippen LogP contribution is -2.15. The molecule has 0 atom stereocenters. The zero-order valence-electron chi connectivity index (χ0n) is 15.7. The molecular weight excluding hydrogens is 358 g/mol. The highest BCUT2D eigenvalue weighted by Gasteiger charge is 2.08. The molecule has 1 amide bonds. The summed E-state index contributed by atoms with van der Waals surface area (Å²) in [6.45, 7) is 0. The van der Waals surface area contributed by atoms with Crippen LogP contribution in [0.25, 0.3) is 32.7 Å². The van der Waals surface area contributed by atoms with Gasteiger partial charge in [0.05, 0.1) is 6.42 Å². The summed E-state index contributed by atoms with van der Waals surface area (Å²) >= 11 is 0. The second kappa shape index (κ2) is 7.24. The number of anilines is 1. The van der Waals surface area contributed by atoms with Crippen molar-refractivity contribution in [1.29, 1.82) is 0 Å². The van der Waals surface area contributed by atoms with Crippen LogP contribution in [0, 0.1) is 0 Å². The van der Waals surface area contributed by atoms with Gasteiger partial charge in [0.25, 0.3) is 0 Å². The summed E-state index contributed by atoms with van der Waals surface area (Å²) in [5, 5.41) is 7.32. The largest absolute Gasteiger partial charge is 0.367 e. The zero-order valence-corrected chi connectivity index (χ0v) is 15.7. The van der Waals surface area contributed by atoms with Gasteiger partial charge in [0, 0.05) is 24.0 Å². The van der Waals surface area contributed by atoms with E-state index in [1.165, 1.54) is 5.39 Å². The molecule has 2 aromatic heterocycles. The molecule has 0 unspecified atom stereocenters. The summed E-state index contributed by atoms with van der Waals surface area (Å²) in [5.41, 5.74) is 3.24. The van der Waals surface area contributed by atoms with Crippen LogP contribution in [0.3, 0.4) is 0 Å². The van der Waals surface area contributed by atoms with E-state index in [1.54, 1.807) is 6.20 Å². The number of hydrogen-bond acceptors (Lipinski definition) is 2. The van der Waals surface area contributed by atoms with E-state index in [4.69, 9.17) is 0 Å². The Labute approximate surface area is 168 Å². The molecule has 0 saturated heterocycles. The number of pyridine rings is 1. The molecule has 0 saturated carbocycles. The lowest BCUT2D eigenvalue weighted by Gasteiger charge is -2.08. The SMILES string of the molecule is O=C(Cc1ccc2ccccc2c1)Nc1cc2cc(-c3cc[nH]c3)ccc2cn1. The van der Waals surface area contributed by atoms with Crippen LogP contribution < -0.4 is 5.32 Å². The van der Waals surface area contributed by atoms with Crippen molar-refractivity contribution in [3.8, 4) is 11.1 Å². The van der Waals surface area contributed by atoms with Crippen LogP contribution in [0.4, 0.5) is 5.82 Å². The molecule has 0 radical (unpaired) electrons. The van der Waals surface area contributed by atoms with Gasteiger partial charge in [-0.2, -0.15) is 0 Å². The van der Waals surface area contributed by atoms with Gasteiger partial charge >= 0.3 is 0 Å². The van der Waals surface area contributed by atoms with E-state index in [0.717, 1.165) is 32.8 Å². The third-order valence-corrected chi connectivity index (χ3v) is 5.10. The number of fused-ring (bicyclic) bond motifs is 2. The second-order valence-corrected chi connectivity index (χ2v) is 7.14. The Morgan fingerprint density at radius 1 is 0.828 bits per heavy atom. The number of carbonyl (C=O) groups excluding carboxylic acids is 1. The molecule has 0 bridgehead atoms. The minimum atomic E-state index is -0.0751. The van der Waals surface area contributed by atoms with Gasteiger partial charge < -0.3 is 10.3 Å². The first kappa shape index (κ1) is 17.2. The average molecular weight is 377 g/mol. The fourth-order valence-electron chi connectivity index (χ4n) is 3.61. The molecule has 0 spiro atoms. The van der Waals surface area contributed by atoms with E-state index in [2.05, 4.69) is 51.7 Å². The first-order valence-electron chi connectivity index (χ1n) is 9.55. The van der Waals surface area contributed by atoms with Crippen LogP contribution in [0.5, 0.6) is 0 Å². The molecule has 5 rings (SSSR count). The highest BCUT2D eigenvalue weighted by molar-refractivity contribution is 5.95. The summed E-state index contributed by atoms with van der Waals surface area (Å²) in [6.07, 6.45) is 5.98. The maximum absolute atomic E-state index is 12.6. The summed E-state index contributed by atoms with van der Waals surface area (Å²) in [5.74, 6) is 0.489. The Morgan fingerprint density at radius 3 is 2.55 bits per heavy atom. The standard InChI is InChI=1S/C25H19N3O/c29-25(12-17-5-6-18-3-1-2-4-19(18)11-17)28-24-14-23-13-20(22-9-10-26-15-22)7-8-21(23)16-27-24/h1-11,13-16,26H,12H2,(H,27,28,29). The summed E-state index contributed by atoms with van der Waals surface area (Å²) in [7, 11) is 0. The molecule has 0 aliphatic heterocycles. The van der Waals surface area contributed by atoms with Crippen LogP contribution in [0.1, 0.15) is 5.56 Å². The monoisotopic (exact) mass is 377 g/mol. The summed E-state index contributed by atoms with van der Waals surface area (Å²) in [6, 6.07) is 24.5. The number of aromatic nitrogens is 2. The van der Waals surface area contributed by atoms with Crippen molar-refractivity contribution in [3.63, 3.8) is 0 Å². The van der Waals surface area contributed by atoms with Crippen LogP contribution in [0.2, 0.25) is 0 Å². The number of benzene rings is 3. The molecule has 0 aliphatic rings. The average Bonchev–Trinajstić information content (AvgIpc) is 3.28. The number of hydrogen-bond donors (Lipinski definition) is 2. The molecule has 0 aliphatic carbocycles. The Balaban J connectivity index is 1.36. The summed E-state index contributed by atoms with van der Waals surface area (Å²) in [4.78, 5) is 20.0. The smallest absolute Gasteiger partial charge is 0.229 e. The molecule has 2 N–H and O–H groups in total. The fraction of sp³-hybridized carbons (Fsp3) is 0.0400. The number of aromatic amines is 1. The number of carbonyl (C=O) groups is 1. The Hall–Kier alpha value is -3.92. The van der Waals surface area contributed by atoms with E-state index < -0.39 is 0 Å². The molecule has 4 heteroatoms. The zero-order chi connectivity index (χ0) is 19.6. The van der Waals surface area contributed by atoms with Crippen LogP contribution in [-0.4, -0.2) is 15.9 Å². The Bertz CT molecular complexity index is 1320. The maximum atomic E-state index is 12.6. The third kappa shape index (κ3) is 3.60. The lowest BCUT2D eigenvalue weighted by molar-refractivity contribution is -0.115. The van der Waals surface area contributed by atoms with E-state index >= 15 is 0 Å². The molecule has 4 nitrogen and oxygen atoms in total. The van der Waals surface area contributed by atoms with Crippen molar-refractivity contribution < 1.29 is 4.79 Å². The van der Waals surface area contributed by atoms with Crippen molar-refractivity contribution in [2.75, 3.05) is 5.32 Å². The predicted octanol–water partition coefficient (Wildman–Crippen LogP) is 5.56. The minimum absolute atomic E-state index is 0.0751. The van der Waals surface area contributed by atoms with Crippen molar-refractivity contribution in [2.24, 2.45) is 0 Å². The van der Waals surface area contributed by atoms with Crippen LogP contribution in [0.15, 0.2) is 91.4 Å². The third-order valence-electron chi connectivity index (χ3n) is 5.10. The number of H-pyrrole nitrogens is 1. The number of amides is 1. The van der Waals surface area contributed by atoms with Gasteiger partial charge in [-0.1, -0.05) is 54.6 Å². The van der Waals surface area contributed by atoms with Crippen molar-refractivity contribution in [3.05, 3.63) is 97.0 Å². The Kier molecular flexibility index (Phi) is 4.30. The first-order valence-corrected chi connectivity index (χ1v) is 9.55. The van der Waals surface area contributed by atoms with Crippen molar-refractivity contribution in [1.82, 2.24) is 9.97 Å². The van der Waals surface area contributed by atoms with Crippen LogP contribution >= 0.6 is 0 Å². The predicted molar refractivity (Wildman–Crippen MR) is 118 cm³/mol. The quantitative estimate of drug-likeness (QED) is 0.430. The number of nitrogens with zero attached hydrogens (tertiary/aromatic N) is 1. The van der Waals surface area contributed by atoms with E-state index in [-0.39, 0.29) is 5.91 Å². The van der Waals surface area contributed by atoms with E-state index in [1.807, 2.05) is 48.8 Å². The van der Waals surface area contributed by atoms with Gasteiger partial charge in [0.1, 0.15) is 5.82 Å². The van der Waals surface area contributed by atoms with E-state index in [0.29, 0.717) is 12.2 Å². The van der Waals surface area contributed by atoms with Gasteiger partial charge in [-0.15, -0.1) is 0 Å². The molecule has 5 aromatic rings. The number of nitrogens with one attached hydrogen (secondary N) is 2. The lowest BCUT2D eigenvalue weighted by atomic mass is 10.0. The molecule has 0 fully saturated rings. The van der Waals surface area contributed by atoms with Gasteiger partial charge in [-0.25, -0.2) is 4.98 Å². The van der Waals surface area contributed by atoms with Crippen molar-refractivity contribution >= 4 is 33.3 Å². The molecular formula is C25H19N3O.